The third kappa shape index (κ3) is 4.46. The molecular formula is C21H16F3N5O3. The Labute approximate surface area is 178 Å². The molecule has 0 aliphatic rings. The number of carbonyl (C=O) groups excluding carboxylic acids is 1. The van der Waals surface area contributed by atoms with Crippen LogP contribution in [0.4, 0.5) is 18.9 Å². The first-order valence-corrected chi connectivity index (χ1v) is 9.36. The second-order valence-corrected chi connectivity index (χ2v) is 6.88. The predicted octanol–water partition coefficient (Wildman–Crippen LogP) is 3.43. The summed E-state index contributed by atoms with van der Waals surface area (Å²) >= 11 is 0. The molecule has 0 fully saturated rings. The molecule has 0 saturated heterocycles. The van der Waals surface area contributed by atoms with Crippen molar-refractivity contribution in [3.05, 3.63) is 77.0 Å². The molecule has 2 aromatic heterocycles. The fourth-order valence-corrected chi connectivity index (χ4v) is 3.13. The first kappa shape index (κ1) is 21.1. The van der Waals surface area contributed by atoms with Crippen LogP contribution >= 0.6 is 0 Å². The van der Waals surface area contributed by atoms with Crippen molar-refractivity contribution < 1.29 is 22.7 Å². The van der Waals surface area contributed by atoms with E-state index in [-0.39, 0.29) is 17.6 Å². The van der Waals surface area contributed by atoms with Gasteiger partial charge in [0.15, 0.2) is 5.65 Å². The molecule has 0 unspecified atom stereocenters. The largest absolute Gasteiger partial charge is 0.573 e. The first-order chi connectivity index (χ1) is 15.2. The normalized spacial score (nSPS) is 11.5. The number of benzene rings is 2. The van der Waals surface area contributed by atoms with Gasteiger partial charge in [0, 0.05) is 5.69 Å². The lowest BCUT2D eigenvalue weighted by Crippen LogP contribution is -2.27. The van der Waals surface area contributed by atoms with E-state index in [1.807, 2.05) is 31.2 Å². The Bertz CT molecular complexity index is 1340. The zero-order valence-electron chi connectivity index (χ0n) is 16.6. The van der Waals surface area contributed by atoms with E-state index in [0.29, 0.717) is 5.65 Å². The predicted molar refractivity (Wildman–Crippen MR) is 110 cm³/mol. The minimum Gasteiger partial charge on any atom is -0.406 e. The maximum Gasteiger partial charge on any atom is 0.573 e. The van der Waals surface area contributed by atoms with Crippen LogP contribution in [0, 0.1) is 6.92 Å². The third-order valence-corrected chi connectivity index (χ3v) is 4.58. The number of hydrogen-bond donors (Lipinski definition) is 1. The van der Waals surface area contributed by atoms with Gasteiger partial charge in [-0.1, -0.05) is 18.2 Å². The smallest absolute Gasteiger partial charge is 0.406 e. The summed E-state index contributed by atoms with van der Waals surface area (Å²) in [7, 11) is 0. The van der Waals surface area contributed by atoms with Crippen LogP contribution in [0.5, 0.6) is 5.75 Å². The Kier molecular flexibility index (Phi) is 5.39. The van der Waals surface area contributed by atoms with E-state index in [2.05, 4.69) is 20.1 Å². The van der Waals surface area contributed by atoms with Crippen molar-refractivity contribution in [1.82, 2.24) is 19.3 Å². The van der Waals surface area contributed by atoms with Gasteiger partial charge < -0.3 is 10.1 Å². The number of anilines is 1. The van der Waals surface area contributed by atoms with Gasteiger partial charge in [0.05, 0.1) is 11.9 Å². The molecule has 0 spiro atoms. The lowest BCUT2D eigenvalue weighted by molar-refractivity contribution is -0.274. The molecular weight excluding hydrogens is 427 g/mol. The fraction of sp³-hybridized carbons (Fsp3) is 0.143. The van der Waals surface area contributed by atoms with E-state index in [4.69, 9.17) is 0 Å². The molecule has 11 heteroatoms. The number of halogens is 3. The summed E-state index contributed by atoms with van der Waals surface area (Å²) in [6.07, 6.45) is -2.16. The zero-order chi connectivity index (χ0) is 22.9. The monoisotopic (exact) mass is 443 g/mol. The van der Waals surface area contributed by atoms with E-state index in [9.17, 15) is 22.8 Å². The number of ether oxygens (including phenoxy) is 1. The Balaban J connectivity index is 1.51. The molecule has 8 nitrogen and oxygen atoms in total. The highest BCUT2D eigenvalue weighted by molar-refractivity contribution is 5.90. The molecule has 164 valence electrons. The average Bonchev–Trinajstić information content (AvgIpc) is 3.15. The average molecular weight is 443 g/mol. The SMILES string of the molecule is Cc1ccccc1-n1ncc2c(=O)n(CC(=O)Nc3ccc(OC(F)(F)F)cc3)cnc21. The number of alkyl halides is 3. The van der Waals surface area contributed by atoms with Crippen LogP contribution in [0.3, 0.4) is 0 Å². The van der Waals surface area contributed by atoms with E-state index in [1.54, 1.807) is 4.68 Å². The lowest BCUT2D eigenvalue weighted by Gasteiger charge is -2.10. The number of rotatable bonds is 5. The summed E-state index contributed by atoms with van der Waals surface area (Å²) in [5.74, 6) is -0.962. The molecule has 1 amide bonds. The third-order valence-electron chi connectivity index (χ3n) is 4.58. The molecule has 0 saturated carbocycles. The van der Waals surface area contributed by atoms with Gasteiger partial charge in [-0.05, 0) is 42.8 Å². The minimum absolute atomic E-state index is 0.247. The molecule has 0 bridgehead atoms. The Morgan fingerprint density at radius 3 is 2.53 bits per heavy atom. The molecule has 4 aromatic rings. The topological polar surface area (TPSA) is 91.0 Å². The molecule has 0 atom stereocenters. The van der Waals surface area contributed by atoms with E-state index in [0.717, 1.165) is 28.0 Å². The fourth-order valence-electron chi connectivity index (χ4n) is 3.13. The van der Waals surface area contributed by atoms with Gasteiger partial charge in [0.2, 0.25) is 5.91 Å². The number of aryl methyl sites for hydroxylation is 1. The molecule has 2 aromatic carbocycles. The number of nitrogens with zero attached hydrogens (tertiary/aromatic N) is 4. The maximum atomic E-state index is 12.8. The summed E-state index contributed by atoms with van der Waals surface area (Å²) in [6, 6.07) is 12.2. The summed E-state index contributed by atoms with van der Waals surface area (Å²) in [5.41, 5.74) is 1.90. The standard InChI is InChI=1S/C21H16F3N5O3/c1-13-4-2-3-5-17(13)29-19-16(10-26-29)20(31)28(12-25-19)11-18(30)27-14-6-8-15(9-7-14)32-21(22,23)24/h2-10,12H,11H2,1H3,(H,27,30). The molecule has 2 heterocycles. The lowest BCUT2D eigenvalue weighted by atomic mass is 10.2. The van der Waals surface area contributed by atoms with Crippen LogP contribution in [0.1, 0.15) is 5.56 Å². The van der Waals surface area contributed by atoms with Crippen molar-refractivity contribution in [3.63, 3.8) is 0 Å². The van der Waals surface area contributed by atoms with Gasteiger partial charge in [-0.3, -0.25) is 14.2 Å². The van der Waals surface area contributed by atoms with Gasteiger partial charge in [-0.15, -0.1) is 13.2 Å². The Morgan fingerprint density at radius 2 is 1.84 bits per heavy atom. The van der Waals surface area contributed by atoms with Crippen LogP contribution in [0.25, 0.3) is 16.7 Å². The van der Waals surface area contributed by atoms with Gasteiger partial charge >= 0.3 is 6.36 Å². The number of nitrogens with one attached hydrogen (secondary N) is 1. The molecule has 0 aliphatic heterocycles. The zero-order valence-corrected chi connectivity index (χ0v) is 16.6. The van der Waals surface area contributed by atoms with E-state index in [1.165, 1.54) is 24.7 Å². The van der Waals surface area contributed by atoms with Gasteiger partial charge in [-0.25, -0.2) is 9.67 Å². The minimum atomic E-state index is -4.80. The summed E-state index contributed by atoms with van der Waals surface area (Å²) < 4.78 is 43.1. The number of carbonyl (C=O) groups is 1. The van der Waals surface area contributed by atoms with Crippen molar-refractivity contribution in [2.75, 3.05) is 5.32 Å². The summed E-state index contributed by atoms with van der Waals surface area (Å²) in [4.78, 5) is 29.4. The number of amides is 1. The van der Waals surface area contributed by atoms with Crippen LogP contribution in [-0.2, 0) is 11.3 Å². The highest BCUT2D eigenvalue weighted by Crippen LogP contribution is 2.24. The number of para-hydroxylation sites is 1. The summed E-state index contributed by atoms with van der Waals surface area (Å²) in [5, 5.41) is 7.01. The second-order valence-electron chi connectivity index (χ2n) is 6.88. The first-order valence-electron chi connectivity index (χ1n) is 9.36. The number of aromatic nitrogens is 4. The Morgan fingerprint density at radius 1 is 1.12 bits per heavy atom. The Hall–Kier alpha value is -4.15. The van der Waals surface area contributed by atoms with Crippen LogP contribution in [0.2, 0.25) is 0 Å². The van der Waals surface area contributed by atoms with Gasteiger partial charge in [0.25, 0.3) is 5.56 Å². The van der Waals surface area contributed by atoms with Gasteiger partial charge in [-0.2, -0.15) is 5.10 Å². The molecule has 0 aliphatic carbocycles. The molecule has 32 heavy (non-hydrogen) atoms. The molecule has 4 rings (SSSR count). The highest BCUT2D eigenvalue weighted by Gasteiger charge is 2.31. The quantitative estimate of drug-likeness (QED) is 0.510. The maximum absolute atomic E-state index is 12.8. The molecule has 1 N–H and O–H groups in total. The van der Waals surface area contributed by atoms with Crippen molar-refractivity contribution in [2.24, 2.45) is 0 Å². The molecule has 0 radical (unpaired) electrons. The van der Waals surface area contributed by atoms with Crippen molar-refractivity contribution in [1.29, 1.82) is 0 Å². The van der Waals surface area contributed by atoms with Crippen LogP contribution < -0.4 is 15.6 Å². The second kappa shape index (κ2) is 8.17. The number of fused-ring (bicyclic) bond motifs is 1. The van der Waals surface area contributed by atoms with Crippen molar-refractivity contribution in [2.45, 2.75) is 19.8 Å². The van der Waals surface area contributed by atoms with Crippen LogP contribution in [-0.4, -0.2) is 31.6 Å². The van der Waals surface area contributed by atoms with E-state index < -0.39 is 23.6 Å². The van der Waals surface area contributed by atoms with E-state index >= 15 is 0 Å². The summed E-state index contributed by atoms with van der Waals surface area (Å²) in [6.45, 7) is 1.58. The van der Waals surface area contributed by atoms with Crippen molar-refractivity contribution in [3.8, 4) is 11.4 Å². The van der Waals surface area contributed by atoms with Crippen molar-refractivity contribution >= 4 is 22.6 Å². The van der Waals surface area contributed by atoms with Crippen LogP contribution in [0.15, 0.2) is 65.8 Å². The van der Waals surface area contributed by atoms with Gasteiger partial charge in [0.1, 0.15) is 24.0 Å². The highest BCUT2D eigenvalue weighted by atomic mass is 19.4. The number of hydrogen-bond acceptors (Lipinski definition) is 5.